The van der Waals surface area contributed by atoms with Crippen LogP contribution in [0, 0.1) is 10.6 Å². The second-order valence-electron chi connectivity index (χ2n) is 2.06. The van der Waals surface area contributed by atoms with Crippen molar-refractivity contribution < 1.29 is 0 Å². The Hall–Kier alpha value is -1.24. The second kappa shape index (κ2) is 1.62. The zero-order valence-electron chi connectivity index (χ0n) is 4.96. The minimum absolute atomic E-state index is 1.22. The SMILES string of the molecule is c1ccc2ccc=2[nH]c1. The first kappa shape index (κ1) is 4.62. The Kier molecular flexibility index (Phi) is 0.833. The van der Waals surface area contributed by atoms with Crippen LogP contribution in [0.5, 0.6) is 0 Å². The van der Waals surface area contributed by atoms with E-state index in [4.69, 9.17) is 0 Å². The normalized spacial score (nSPS) is 10.2. The van der Waals surface area contributed by atoms with Crippen LogP contribution < -0.4 is 0 Å². The summed E-state index contributed by atoms with van der Waals surface area (Å²) >= 11 is 0. The average Bonchev–Trinajstić information content (AvgIpc) is 1.94. The molecule has 1 aliphatic carbocycles. The van der Waals surface area contributed by atoms with E-state index in [2.05, 4.69) is 23.2 Å². The fraction of sp³-hybridized carbons (Fsp3) is 0. The maximum absolute atomic E-state index is 3.13. The van der Waals surface area contributed by atoms with Gasteiger partial charge in [0, 0.05) is 11.5 Å². The molecule has 1 nitrogen and oxygen atoms in total. The van der Waals surface area contributed by atoms with Crippen LogP contribution in [-0.4, -0.2) is 4.98 Å². The van der Waals surface area contributed by atoms with Crippen molar-refractivity contribution in [2.45, 2.75) is 0 Å². The van der Waals surface area contributed by atoms with Crippen LogP contribution in [0.3, 0.4) is 0 Å². The minimum atomic E-state index is 1.22. The van der Waals surface area contributed by atoms with Crippen molar-refractivity contribution in [3.63, 3.8) is 0 Å². The molecule has 0 aromatic carbocycles. The molecule has 1 N–H and O–H groups in total. The van der Waals surface area contributed by atoms with Gasteiger partial charge in [0.25, 0.3) is 0 Å². The summed E-state index contributed by atoms with van der Waals surface area (Å²) in [6.07, 6.45) is 1.93. The summed E-state index contributed by atoms with van der Waals surface area (Å²) in [5.41, 5.74) is 0. The highest BCUT2D eigenvalue weighted by molar-refractivity contribution is 5.11. The highest BCUT2D eigenvalue weighted by Crippen LogP contribution is 1.96. The molecule has 9 heavy (non-hydrogen) atoms. The van der Waals surface area contributed by atoms with Crippen molar-refractivity contribution in [3.05, 3.63) is 47.1 Å². The lowest BCUT2D eigenvalue weighted by molar-refractivity contribution is 1.23. The minimum Gasteiger partial charge on any atom is -0.361 e. The standard InChI is InChI=1S/C8H7N/c1-2-6-9-8-5-4-7(8)3-1/h1-6,9H. The number of nitrogens with one attached hydrogen (secondary N) is 1. The summed E-state index contributed by atoms with van der Waals surface area (Å²) in [4.78, 5) is 3.13. The monoisotopic (exact) mass is 117 g/mol. The molecule has 0 bridgehead atoms. The summed E-state index contributed by atoms with van der Waals surface area (Å²) < 4.78 is 0. The van der Waals surface area contributed by atoms with Crippen molar-refractivity contribution in [1.29, 1.82) is 0 Å². The van der Waals surface area contributed by atoms with Crippen LogP contribution in [0.1, 0.15) is 0 Å². The van der Waals surface area contributed by atoms with Gasteiger partial charge in [-0.25, -0.2) is 0 Å². The van der Waals surface area contributed by atoms with Gasteiger partial charge in [-0.05, 0) is 17.4 Å². The van der Waals surface area contributed by atoms with E-state index in [1.165, 1.54) is 10.6 Å². The van der Waals surface area contributed by atoms with E-state index in [0.29, 0.717) is 0 Å². The smallest absolute Gasteiger partial charge is 0.0453 e. The molecule has 0 saturated carbocycles. The maximum Gasteiger partial charge on any atom is 0.0453 e. The van der Waals surface area contributed by atoms with E-state index >= 15 is 0 Å². The molecule has 0 spiro atoms. The van der Waals surface area contributed by atoms with Crippen LogP contribution in [-0.2, 0) is 0 Å². The van der Waals surface area contributed by atoms with Crippen LogP contribution in [0.2, 0.25) is 0 Å². The lowest BCUT2D eigenvalue weighted by atomic mass is 10.2. The van der Waals surface area contributed by atoms with Crippen molar-refractivity contribution in [2.75, 3.05) is 0 Å². The van der Waals surface area contributed by atoms with Gasteiger partial charge in [-0.15, -0.1) is 0 Å². The molecule has 0 unspecified atom stereocenters. The molecule has 44 valence electrons. The van der Waals surface area contributed by atoms with Crippen LogP contribution in [0.4, 0.5) is 0 Å². The number of hydrogen-bond donors (Lipinski definition) is 1. The molecule has 0 radical (unpaired) electrons. The van der Waals surface area contributed by atoms with Gasteiger partial charge in [-0.1, -0.05) is 18.2 Å². The Morgan fingerprint density at radius 2 is 2.00 bits per heavy atom. The largest absolute Gasteiger partial charge is 0.361 e. The molecular formula is C8H7N. The molecule has 0 saturated heterocycles. The van der Waals surface area contributed by atoms with Gasteiger partial charge in [0.1, 0.15) is 0 Å². The molecule has 1 heterocycles. The van der Waals surface area contributed by atoms with Gasteiger partial charge in [0.2, 0.25) is 0 Å². The molecule has 0 fully saturated rings. The lowest BCUT2D eigenvalue weighted by Crippen LogP contribution is -1.76. The van der Waals surface area contributed by atoms with E-state index in [-0.39, 0.29) is 0 Å². The Morgan fingerprint density at radius 3 is 2.78 bits per heavy atom. The van der Waals surface area contributed by atoms with Crippen molar-refractivity contribution in [1.82, 2.24) is 4.98 Å². The van der Waals surface area contributed by atoms with Gasteiger partial charge in [-0.3, -0.25) is 0 Å². The first-order valence-corrected chi connectivity index (χ1v) is 2.99. The molecule has 1 aliphatic heterocycles. The molecule has 0 atom stereocenters. The Balaban J connectivity index is 2.99. The number of aromatic nitrogens is 1. The van der Waals surface area contributed by atoms with E-state index in [9.17, 15) is 0 Å². The van der Waals surface area contributed by atoms with Gasteiger partial charge >= 0.3 is 0 Å². The molecule has 1 heteroatoms. The van der Waals surface area contributed by atoms with E-state index < -0.39 is 0 Å². The Morgan fingerprint density at radius 1 is 1.00 bits per heavy atom. The molecule has 0 aromatic heterocycles. The van der Waals surface area contributed by atoms with Crippen LogP contribution in [0.25, 0.3) is 0 Å². The molecule has 2 rings (SSSR count). The maximum atomic E-state index is 3.13. The molecule has 0 amide bonds. The predicted octanol–water partition coefficient (Wildman–Crippen LogP) is 1.74. The number of hydrogen-bond acceptors (Lipinski definition) is 0. The lowest BCUT2D eigenvalue weighted by Gasteiger charge is -1.87. The van der Waals surface area contributed by atoms with Crippen molar-refractivity contribution in [3.8, 4) is 0 Å². The third kappa shape index (κ3) is 0.617. The molecule has 2 aliphatic rings. The highest BCUT2D eigenvalue weighted by atomic mass is 14.6. The number of rotatable bonds is 0. The first-order valence-electron chi connectivity index (χ1n) is 2.99. The fourth-order valence-corrected chi connectivity index (χ4v) is 0.892. The average molecular weight is 117 g/mol. The van der Waals surface area contributed by atoms with E-state index in [0.717, 1.165) is 0 Å². The van der Waals surface area contributed by atoms with Crippen molar-refractivity contribution >= 4 is 0 Å². The van der Waals surface area contributed by atoms with Gasteiger partial charge in [0.05, 0.1) is 0 Å². The zero-order valence-corrected chi connectivity index (χ0v) is 4.96. The Bertz CT molecular complexity index is 314. The fourth-order valence-electron chi connectivity index (χ4n) is 0.892. The van der Waals surface area contributed by atoms with Gasteiger partial charge in [-0.2, -0.15) is 0 Å². The van der Waals surface area contributed by atoms with Crippen LogP contribution >= 0.6 is 0 Å². The van der Waals surface area contributed by atoms with Gasteiger partial charge < -0.3 is 4.98 Å². The zero-order chi connectivity index (χ0) is 6.10. The van der Waals surface area contributed by atoms with E-state index in [1.807, 2.05) is 18.3 Å². The number of H-pyrrole nitrogens is 1. The number of aromatic amines is 1. The summed E-state index contributed by atoms with van der Waals surface area (Å²) in [5.74, 6) is 0. The van der Waals surface area contributed by atoms with Crippen molar-refractivity contribution in [2.24, 2.45) is 0 Å². The third-order valence-electron chi connectivity index (χ3n) is 1.46. The quantitative estimate of drug-likeness (QED) is 0.541. The van der Waals surface area contributed by atoms with Crippen LogP contribution in [0.15, 0.2) is 36.5 Å². The second-order valence-corrected chi connectivity index (χ2v) is 2.06. The molecule has 0 aromatic rings. The van der Waals surface area contributed by atoms with E-state index in [1.54, 1.807) is 0 Å². The first-order chi connectivity index (χ1) is 4.47. The highest BCUT2D eigenvalue weighted by Gasteiger charge is 1.83. The summed E-state index contributed by atoms with van der Waals surface area (Å²) in [6.45, 7) is 0. The summed E-state index contributed by atoms with van der Waals surface area (Å²) in [6, 6.07) is 10.3. The summed E-state index contributed by atoms with van der Waals surface area (Å²) in [5, 5.41) is 2.51. The van der Waals surface area contributed by atoms with Gasteiger partial charge in [0.15, 0.2) is 0 Å². The topological polar surface area (TPSA) is 15.8 Å². The molecular weight excluding hydrogens is 110 g/mol. The predicted molar refractivity (Wildman–Crippen MR) is 36.1 cm³/mol. The Labute approximate surface area is 53.0 Å². The summed E-state index contributed by atoms with van der Waals surface area (Å²) in [7, 11) is 0. The third-order valence-corrected chi connectivity index (χ3v) is 1.46.